The summed E-state index contributed by atoms with van der Waals surface area (Å²) in [7, 11) is 1.81. The molecular formula is C16H25IN4S2. The van der Waals surface area contributed by atoms with E-state index >= 15 is 0 Å². The molecule has 2 aromatic rings. The summed E-state index contributed by atoms with van der Waals surface area (Å²) in [5, 5.41) is 10.0. The lowest BCUT2D eigenvalue weighted by Gasteiger charge is -2.15. The average molecular weight is 464 g/mol. The predicted molar refractivity (Wildman–Crippen MR) is 112 cm³/mol. The van der Waals surface area contributed by atoms with Crippen molar-refractivity contribution in [2.75, 3.05) is 13.6 Å². The van der Waals surface area contributed by atoms with Crippen LogP contribution in [-0.2, 0) is 13.0 Å². The Labute approximate surface area is 163 Å². The summed E-state index contributed by atoms with van der Waals surface area (Å²) in [6, 6.07) is 4.31. The molecule has 2 aromatic heterocycles. The van der Waals surface area contributed by atoms with Crippen molar-refractivity contribution in [3.8, 4) is 0 Å². The van der Waals surface area contributed by atoms with Crippen molar-refractivity contribution in [3.05, 3.63) is 38.0 Å². The number of hydrogen-bond acceptors (Lipinski definition) is 4. The SMILES string of the molecule is CN=C(NCc1sc(C)nc1C)NCC(C)Cc1cccs1.I. The highest BCUT2D eigenvalue weighted by molar-refractivity contribution is 14.0. The second-order valence-electron chi connectivity index (χ2n) is 5.44. The molecule has 0 saturated carbocycles. The van der Waals surface area contributed by atoms with Gasteiger partial charge in [0.25, 0.3) is 0 Å². The van der Waals surface area contributed by atoms with Gasteiger partial charge in [-0.1, -0.05) is 13.0 Å². The number of rotatable bonds is 6. The molecule has 1 atom stereocenters. The van der Waals surface area contributed by atoms with E-state index in [1.165, 1.54) is 9.75 Å². The fraction of sp³-hybridized carbons (Fsp3) is 0.500. The van der Waals surface area contributed by atoms with Crippen molar-refractivity contribution in [1.82, 2.24) is 15.6 Å². The molecule has 0 spiro atoms. The minimum absolute atomic E-state index is 0. The Balaban J connectivity index is 0.00000264. The lowest BCUT2D eigenvalue weighted by atomic mass is 10.1. The summed E-state index contributed by atoms with van der Waals surface area (Å²) in [4.78, 5) is 11.4. The second-order valence-corrected chi connectivity index (χ2v) is 7.76. The van der Waals surface area contributed by atoms with Crippen LogP contribution in [0.3, 0.4) is 0 Å². The first-order chi connectivity index (χ1) is 10.6. The van der Waals surface area contributed by atoms with Crippen LogP contribution in [0.25, 0.3) is 0 Å². The van der Waals surface area contributed by atoms with Crippen LogP contribution >= 0.6 is 46.7 Å². The van der Waals surface area contributed by atoms with E-state index in [-0.39, 0.29) is 24.0 Å². The Kier molecular flexibility index (Phi) is 9.08. The maximum atomic E-state index is 4.45. The number of aryl methyl sites for hydroxylation is 2. The van der Waals surface area contributed by atoms with Gasteiger partial charge in [-0.25, -0.2) is 4.98 Å². The molecule has 0 bridgehead atoms. The summed E-state index contributed by atoms with van der Waals surface area (Å²) in [5.74, 6) is 1.42. The quantitative estimate of drug-likeness (QED) is 0.386. The van der Waals surface area contributed by atoms with Gasteiger partial charge >= 0.3 is 0 Å². The van der Waals surface area contributed by atoms with Gasteiger partial charge in [0.1, 0.15) is 0 Å². The first-order valence-corrected chi connectivity index (χ1v) is 9.18. The zero-order valence-electron chi connectivity index (χ0n) is 14.0. The predicted octanol–water partition coefficient (Wildman–Crippen LogP) is 3.98. The highest BCUT2D eigenvalue weighted by atomic mass is 127. The number of thiazole rings is 1. The van der Waals surface area contributed by atoms with Crippen LogP contribution in [0.1, 0.15) is 27.4 Å². The highest BCUT2D eigenvalue weighted by Crippen LogP contribution is 2.16. The summed E-state index contributed by atoms with van der Waals surface area (Å²) in [6.07, 6.45) is 1.11. The fourth-order valence-corrected chi connectivity index (χ4v) is 3.98. The molecule has 7 heteroatoms. The molecule has 1 unspecified atom stereocenters. The van der Waals surface area contributed by atoms with Gasteiger partial charge in [0.2, 0.25) is 0 Å². The van der Waals surface area contributed by atoms with Crippen molar-refractivity contribution in [1.29, 1.82) is 0 Å². The minimum Gasteiger partial charge on any atom is -0.356 e. The van der Waals surface area contributed by atoms with E-state index < -0.39 is 0 Å². The lowest BCUT2D eigenvalue weighted by Crippen LogP contribution is -2.39. The smallest absolute Gasteiger partial charge is 0.191 e. The van der Waals surface area contributed by atoms with E-state index in [1.807, 2.05) is 25.3 Å². The molecule has 23 heavy (non-hydrogen) atoms. The fourth-order valence-electron chi connectivity index (χ4n) is 2.24. The molecule has 0 radical (unpaired) electrons. The summed E-state index contributed by atoms with van der Waals surface area (Å²) < 4.78 is 0. The van der Waals surface area contributed by atoms with Gasteiger partial charge in [-0.15, -0.1) is 46.7 Å². The first-order valence-electron chi connectivity index (χ1n) is 7.48. The molecule has 2 heterocycles. The van der Waals surface area contributed by atoms with Crippen LogP contribution in [0.4, 0.5) is 0 Å². The maximum Gasteiger partial charge on any atom is 0.191 e. The third-order valence-corrected chi connectivity index (χ3v) is 5.36. The third kappa shape index (κ3) is 6.76. The van der Waals surface area contributed by atoms with Crippen molar-refractivity contribution in [3.63, 3.8) is 0 Å². The molecule has 0 aromatic carbocycles. The molecule has 128 valence electrons. The average Bonchev–Trinajstić information content (AvgIpc) is 3.09. The molecule has 0 fully saturated rings. The molecular weight excluding hydrogens is 439 g/mol. The van der Waals surface area contributed by atoms with Crippen LogP contribution in [0, 0.1) is 19.8 Å². The van der Waals surface area contributed by atoms with E-state index in [9.17, 15) is 0 Å². The largest absolute Gasteiger partial charge is 0.356 e. The monoisotopic (exact) mass is 464 g/mol. The summed E-state index contributed by atoms with van der Waals surface area (Å²) in [6.45, 7) is 8.05. The number of hydrogen-bond donors (Lipinski definition) is 2. The molecule has 2 N–H and O–H groups in total. The third-order valence-electron chi connectivity index (χ3n) is 3.39. The van der Waals surface area contributed by atoms with Gasteiger partial charge in [-0.3, -0.25) is 4.99 Å². The lowest BCUT2D eigenvalue weighted by molar-refractivity contribution is 0.562. The number of aliphatic imine (C=N–C) groups is 1. The molecule has 0 aliphatic carbocycles. The van der Waals surface area contributed by atoms with Crippen LogP contribution in [-0.4, -0.2) is 24.5 Å². The van der Waals surface area contributed by atoms with Gasteiger partial charge in [-0.05, 0) is 37.6 Å². The zero-order valence-corrected chi connectivity index (χ0v) is 18.0. The van der Waals surface area contributed by atoms with Crippen LogP contribution < -0.4 is 10.6 Å². The maximum absolute atomic E-state index is 4.45. The van der Waals surface area contributed by atoms with Gasteiger partial charge < -0.3 is 10.6 Å². The van der Waals surface area contributed by atoms with E-state index in [4.69, 9.17) is 0 Å². The Morgan fingerprint density at radius 3 is 2.70 bits per heavy atom. The Morgan fingerprint density at radius 2 is 2.13 bits per heavy atom. The number of thiophene rings is 1. The molecule has 0 amide bonds. The number of nitrogens with zero attached hydrogens (tertiary/aromatic N) is 2. The summed E-state index contributed by atoms with van der Waals surface area (Å²) >= 11 is 3.56. The van der Waals surface area contributed by atoms with E-state index in [0.29, 0.717) is 5.92 Å². The normalized spacial score (nSPS) is 12.6. The van der Waals surface area contributed by atoms with Gasteiger partial charge in [0, 0.05) is 23.3 Å². The molecule has 0 aliphatic rings. The summed E-state index contributed by atoms with van der Waals surface area (Å²) in [5.41, 5.74) is 1.11. The number of halogens is 1. The van der Waals surface area contributed by atoms with Crippen molar-refractivity contribution < 1.29 is 0 Å². The van der Waals surface area contributed by atoms with E-state index in [1.54, 1.807) is 11.3 Å². The van der Waals surface area contributed by atoms with Crippen molar-refractivity contribution in [2.45, 2.75) is 33.7 Å². The van der Waals surface area contributed by atoms with Gasteiger partial charge in [0.15, 0.2) is 5.96 Å². The van der Waals surface area contributed by atoms with Gasteiger partial charge in [0.05, 0.1) is 17.2 Å². The van der Waals surface area contributed by atoms with Crippen LogP contribution in [0.5, 0.6) is 0 Å². The first kappa shape index (κ1) is 20.4. The Bertz CT molecular complexity index is 608. The number of aromatic nitrogens is 1. The van der Waals surface area contributed by atoms with Crippen molar-refractivity contribution >= 4 is 52.6 Å². The zero-order chi connectivity index (χ0) is 15.9. The van der Waals surface area contributed by atoms with Crippen LogP contribution in [0.2, 0.25) is 0 Å². The van der Waals surface area contributed by atoms with Gasteiger partial charge in [-0.2, -0.15) is 0 Å². The molecule has 0 saturated heterocycles. The van der Waals surface area contributed by atoms with E-state index in [0.717, 1.165) is 36.2 Å². The topological polar surface area (TPSA) is 49.3 Å². The Morgan fingerprint density at radius 1 is 1.35 bits per heavy atom. The molecule has 2 rings (SSSR count). The standard InChI is InChI=1S/C16H24N4S2.HI/c1-11(8-14-6-5-7-21-14)9-18-16(17-4)19-10-15-12(2)20-13(3)22-15;/h5-7,11H,8-10H2,1-4H3,(H2,17,18,19);1H. The number of nitrogens with one attached hydrogen (secondary N) is 2. The second kappa shape index (κ2) is 10.2. The van der Waals surface area contributed by atoms with E-state index in [2.05, 4.69) is 52.0 Å². The van der Waals surface area contributed by atoms with Crippen LogP contribution in [0.15, 0.2) is 22.5 Å². The minimum atomic E-state index is 0. The Hall–Kier alpha value is -0.670. The van der Waals surface area contributed by atoms with Crippen molar-refractivity contribution in [2.24, 2.45) is 10.9 Å². The molecule has 4 nitrogen and oxygen atoms in total. The number of guanidine groups is 1. The highest BCUT2D eigenvalue weighted by Gasteiger charge is 2.08. The molecule has 0 aliphatic heterocycles.